The van der Waals surface area contributed by atoms with Gasteiger partial charge < -0.3 is 5.32 Å². The molecule has 19 heavy (non-hydrogen) atoms. The first kappa shape index (κ1) is 14.3. The van der Waals surface area contributed by atoms with E-state index in [1.807, 2.05) is 11.3 Å². The summed E-state index contributed by atoms with van der Waals surface area (Å²) in [6.45, 7) is 9.80. The first-order chi connectivity index (χ1) is 9.11. The van der Waals surface area contributed by atoms with Gasteiger partial charge in [-0.25, -0.2) is 0 Å². The number of hydrogen-bond acceptors (Lipinski definition) is 2. The second-order valence-electron chi connectivity index (χ2n) is 5.19. The van der Waals surface area contributed by atoms with Gasteiger partial charge in [-0.15, -0.1) is 11.3 Å². The van der Waals surface area contributed by atoms with Crippen LogP contribution >= 0.6 is 11.3 Å². The van der Waals surface area contributed by atoms with Crippen LogP contribution in [0.5, 0.6) is 0 Å². The van der Waals surface area contributed by atoms with E-state index in [9.17, 15) is 0 Å². The van der Waals surface area contributed by atoms with Gasteiger partial charge in [0.2, 0.25) is 0 Å². The molecular weight excluding hydrogens is 250 g/mol. The third kappa shape index (κ3) is 3.46. The molecule has 1 unspecified atom stereocenters. The maximum atomic E-state index is 3.67. The Balaban J connectivity index is 2.32. The summed E-state index contributed by atoms with van der Waals surface area (Å²) >= 11 is 1.91. The van der Waals surface area contributed by atoms with Crippen molar-refractivity contribution in [2.45, 2.75) is 40.2 Å². The number of benzene rings is 1. The Morgan fingerprint density at radius 3 is 2.32 bits per heavy atom. The molecule has 0 radical (unpaired) electrons. The monoisotopic (exact) mass is 273 g/mol. The summed E-state index contributed by atoms with van der Waals surface area (Å²) in [6.07, 6.45) is 1.16. The maximum Gasteiger partial charge on any atom is 0.0671 e. The zero-order chi connectivity index (χ0) is 13.8. The Hall–Kier alpha value is -1.12. The molecule has 1 aromatic heterocycles. The van der Waals surface area contributed by atoms with Crippen molar-refractivity contribution >= 4 is 11.3 Å². The van der Waals surface area contributed by atoms with E-state index in [0.29, 0.717) is 6.04 Å². The molecule has 1 nitrogen and oxygen atoms in total. The van der Waals surface area contributed by atoms with Crippen LogP contribution in [0.3, 0.4) is 0 Å². The van der Waals surface area contributed by atoms with E-state index < -0.39 is 0 Å². The number of aryl methyl sites for hydroxylation is 3. The Labute approximate surface area is 120 Å². The molecule has 1 heterocycles. The third-order valence-electron chi connectivity index (χ3n) is 3.48. The van der Waals surface area contributed by atoms with Gasteiger partial charge in [0, 0.05) is 9.75 Å². The summed E-state index contributed by atoms with van der Waals surface area (Å²) in [7, 11) is 0. The van der Waals surface area contributed by atoms with Crippen molar-refractivity contribution in [2.24, 2.45) is 0 Å². The van der Waals surface area contributed by atoms with Crippen LogP contribution in [0.1, 0.15) is 45.8 Å². The second kappa shape index (κ2) is 6.36. The lowest BCUT2D eigenvalue weighted by molar-refractivity contribution is 0.605. The SMILES string of the molecule is CCCNC(c1ccc(C)cc1)c1cc(C)c(C)s1. The van der Waals surface area contributed by atoms with Gasteiger partial charge in [0.1, 0.15) is 0 Å². The molecular formula is C17H23NS. The summed E-state index contributed by atoms with van der Waals surface area (Å²) in [4.78, 5) is 2.85. The molecule has 0 saturated heterocycles. The van der Waals surface area contributed by atoms with Crippen molar-refractivity contribution < 1.29 is 0 Å². The highest BCUT2D eigenvalue weighted by atomic mass is 32.1. The molecule has 1 atom stereocenters. The molecule has 1 N–H and O–H groups in total. The molecule has 2 aromatic rings. The Bertz CT molecular complexity index is 505. The molecule has 1 aromatic carbocycles. The fraction of sp³-hybridized carbons (Fsp3) is 0.412. The van der Waals surface area contributed by atoms with Crippen molar-refractivity contribution in [1.82, 2.24) is 5.32 Å². The molecule has 0 aliphatic heterocycles. The van der Waals surface area contributed by atoms with Gasteiger partial charge >= 0.3 is 0 Å². The lowest BCUT2D eigenvalue weighted by atomic mass is 10.0. The first-order valence-electron chi connectivity index (χ1n) is 6.98. The molecule has 0 fully saturated rings. The highest BCUT2D eigenvalue weighted by Gasteiger charge is 2.16. The molecule has 0 saturated carbocycles. The molecule has 0 aliphatic rings. The van der Waals surface area contributed by atoms with Crippen molar-refractivity contribution in [3.05, 3.63) is 56.8 Å². The lowest BCUT2D eigenvalue weighted by Crippen LogP contribution is -2.22. The van der Waals surface area contributed by atoms with Crippen LogP contribution in [-0.4, -0.2) is 6.54 Å². The average molecular weight is 273 g/mol. The summed E-state index contributed by atoms with van der Waals surface area (Å²) in [5.41, 5.74) is 4.08. The van der Waals surface area contributed by atoms with Crippen LogP contribution in [0.25, 0.3) is 0 Å². The van der Waals surface area contributed by atoms with Gasteiger partial charge in [-0.1, -0.05) is 36.8 Å². The summed E-state index contributed by atoms with van der Waals surface area (Å²) in [6, 6.07) is 11.5. The number of hydrogen-bond donors (Lipinski definition) is 1. The van der Waals surface area contributed by atoms with Gasteiger partial charge in [0.05, 0.1) is 6.04 Å². The van der Waals surface area contributed by atoms with Gasteiger partial charge in [-0.2, -0.15) is 0 Å². The van der Waals surface area contributed by atoms with E-state index in [1.54, 1.807) is 0 Å². The van der Waals surface area contributed by atoms with Crippen LogP contribution < -0.4 is 5.32 Å². The van der Waals surface area contributed by atoms with Gasteiger partial charge in [-0.3, -0.25) is 0 Å². The number of nitrogens with one attached hydrogen (secondary N) is 1. The highest BCUT2D eigenvalue weighted by molar-refractivity contribution is 7.12. The molecule has 0 amide bonds. The van der Waals surface area contributed by atoms with E-state index in [-0.39, 0.29) is 0 Å². The van der Waals surface area contributed by atoms with Crippen molar-refractivity contribution in [3.8, 4) is 0 Å². The molecule has 0 aliphatic carbocycles. The number of rotatable bonds is 5. The molecule has 0 bridgehead atoms. The van der Waals surface area contributed by atoms with Crippen molar-refractivity contribution in [2.75, 3.05) is 6.54 Å². The topological polar surface area (TPSA) is 12.0 Å². The Morgan fingerprint density at radius 2 is 1.79 bits per heavy atom. The fourth-order valence-corrected chi connectivity index (χ4v) is 3.32. The Kier molecular flexibility index (Phi) is 4.78. The molecule has 2 rings (SSSR count). The van der Waals surface area contributed by atoms with E-state index >= 15 is 0 Å². The minimum absolute atomic E-state index is 0.331. The minimum Gasteiger partial charge on any atom is -0.306 e. The third-order valence-corrected chi connectivity index (χ3v) is 4.70. The Morgan fingerprint density at radius 1 is 1.11 bits per heavy atom. The summed E-state index contributed by atoms with van der Waals surface area (Å²) in [5.74, 6) is 0. The van der Waals surface area contributed by atoms with E-state index in [1.165, 1.54) is 26.4 Å². The molecule has 2 heteroatoms. The second-order valence-corrected chi connectivity index (χ2v) is 6.47. The smallest absolute Gasteiger partial charge is 0.0671 e. The van der Waals surface area contributed by atoms with Gasteiger partial charge in [0.25, 0.3) is 0 Å². The fourth-order valence-electron chi connectivity index (χ4n) is 2.17. The normalized spacial score (nSPS) is 12.6. The number of thiophene rings is 1. The zero-order valence-electron chi connectivity index (χ0n) is 12.3. The first-order valence-corrected chi connectivity index (χ1v) is 7.80. The summed E-state index contributed by atoms with van der Waals surface area (Å²) < 4.78 is 0. The van der Waals surface area contributed by atoms with Gasteiger partial charge in [-0.05, 0) is 50.9 Å². The predicted octanol–water partition coefficient (Wildman–Crippen LogP) is 4.76. The predicted molar refractivity (Wildman–Crippen MR) is 85.1 cm³/mol. The average Bonchev–Trinajstić information content (AvgIpc) is 2.72. The molecule has 0 spiro atoms. The zero-order valence-corrected chi connectivity index (χ0v) is 13.1. The van der Waals surface area contributed by atoms with Crippen LogP contribution in [0.2, 0.25) is 0 Å². The van der Waals surface area contributed by atoms with Gasteiger partial charge in [0.15, 0.2) is 0 Å². The lowest BCUT2D eigenvalue weighted by Gasteiger charge is -2.18. The van der Waals surface area contributed by atoms with Crippen LogP contribution in [0.15, 0.2) is 30.3 Å². The minimum atomic E-state index is 0.331. The van der Waals surface area contributed by atoms with E-state index in [2.05, 4.69) is 63.3 Å². The molecule has 102 valence electrons. The quantitative estimate of drug-likeness (QED) is 0.828. The summed E-state index contributed by atoms with van der Waals surface area (Å²) in [5, 5.41) is 3.67. The van der Waals surface area contributed by atoms with E-state index in [0.717, 1.165) is 13.0 Å². The highest BCUT2D eigenvalue weighted by Crippen LogP contribution is 2.30. The van der Waals surface area contributed by atoms with Crippen LogP contribution in [-0.2, 0) is 0 Å². The standard InChI is InChI=1S/C17H23NS/c1-5-10-18-17(15-8-6-12(2)7-9-15)16-11-13(3)14(4)19-16/h6-9,11,17-18H,5,10H2,1-4H3. The van der Waals surface area contributed by atoms with Crippen molar-refractivity contribution in [3.63, 3.8) is 0 Å². The van der Waals surface area contributed by atoms with Crippen molar-refractivity contribution in [1.29, 1.82) is 0 Å². The largest absolute Gasteiger partial charge is 0.306 e. The van der Waals surface area contributed by atoms with Crippen LogP contribution in [0.4, 0.5) is 0 Å². The van der Waals surface area contributed by atoms with Crippen LogP contribution in [0, 0.1) is 20.8 Å². The van der Waals surface area contributed by atoms with E-state index in [4.69, 9.17) is 0 Å². The maximum absolute atomic E-state index is 3.67.